The average molecular weight is 365 g/mol. The fourth-order valence-corrected chi connectivity index (χ4v) is 2.93. The van der Waals surface area contributed by atoms with Crippen molar-refractivity contribution in [3.8, 4) is 17.1 Å². The molecule has 1 amide bonds. The van der Waals surface area contributed by atoms with Crippen molar-refractivity contribution in [1.29, 1.82) is 0 Å². The van der Waals surface area contributed by atoms with E-state index >= 15 is 0 Å². The number of hydrogen-bond acceptors (Lipinski definition) is 6. The van der Waals surface area contributed by atoms with Gasteiger partial charge in [-0.05, 0) is 17.7 Å². The number of carbonyl (C=O) groups is 1. The van der Waals surface area contributed by atoms with E-state index in [1.807, 2.05) is 42.5 Å². The Balaban J connectivity index is 1.42. The Hall–Kier alpha value is -3.19. The van der Waals surface area contributed by atoms with E-state index < -0.39 is 0 Å². The van der Waals surface area contributed by atoms with Gasteiger partial charge in [-0.15, -0.1) is 0 Å². The lowest BCUT2D eigenvalue weighted by molar-refractivity contribution is -0.0218. The van der Waals surface area contributed by atoms with Gasteiger partial charge in [0.15, 0.2) is 0 Å². The largest absolute Gasteiger partial charge is 0.415 e. The lowest BCUT2D eigenvalue weighted by atomic mass is 10.1. The summed E-state index contributed by atoms with van der Waals surface area (Å²) >= 11 is 0. The molecule has 0 saturated carbocycles. The number of para-hydroxylation sites is 1. The summed E-state index contributed by atoms with van der Waals surface area (Å²) in [4.78, 5) is 18.3. The van der Waals surface area contributed by atoms with Crippen LogP contribution >= 0.6 is 0 Å². The number of aryl methyl sites for hydroxylation is 1. The molecule has 3 aromatic rings. The van der Waals surface area contributed by atoms with Crippen LogP contribution in [-0.4, -0.2) is 40.8 Å². The van der Waals surface area contributed by atoms with Crippen LogP contribution in [0.3, 0.4) is 0 Å². The van der Waals surface area contributed by atoms with Crippen molar-refractivity contribution in [1.82, 2.24) is 15.0 Å². The molecule has 7 heteroatoms. The summed E-state index contributed by atoms with van der Waals surface area (Å²) in [5.74, 6) is 1.61. The molecule has 2 heterocycles. The normalized spacial score (nSPS) is 16.9. The van der Waals surface area contributed by atoms with Crippen LogP contribution < -0.4 is 4.74 Å². The lowest BCUT2D eigenvalue weighted by Crippen LogP contribution is -2.43. The van der Waals surface area contributed by atoms with Crippen molar-refractivity contribution in [2.24, 2.45) is 0 Å². The van der Waals surface area contributed by atoms with Gasteiger partial charge in [0, 0.05) is 19.0 Å². The molecule has 0 aliphatic carbocycles. The number of hydrogen-bond donors (Lipinski definition) is 0. The minimum Gasteiger partial charge on any atom is -0.410 e. The summed E-state index contributed by atoms with van der Waals surface area (Å²) in [6.07, 6.45) is -0.573. The van der Waals surface area contributed by atoms with Gasteiger partial charge in [-0.1, -0.05) is 47.6 Å². The molecule has 0 radical (unpaired) electrons. The van der Waals surface area contributed by atoms with Crippen LogP contribution in [-0.2, 0) is 4.74 Å². The molecule has 0 N–H and O–H groups in total. The first-order valence-corrected chi connectivity index (χ1v) is 8.73. The minimum absolute atomic E-state index is 0.205. The molecule has 0 spiro atoms. The summed E-state index contributed by atoms with van der Waals surface area (Å²) in [5.41, 5.74) is 1.85. The van der Waals surface area contributed by atoms with E-state index in [0.717, 1.165) is 11.1 Å². The maximum atomic E-state index is 12.4. The smallest absolute Gasteiger partial charge is 0.410 e. The standard InChI is InChI=1S/C20H19N3O4/c1-14-21-19(22-27-14)16-9-7-15(8-10-16)18-13-23(11-12-25-18)20(24)26-17-5-3-2-4-6-17/h2-10,18H,11-13H2,1H3/t18-/m1/s1. The number of rotatable bonds is 3. The number of nitrogens with zero attached hydrogens (tertiary/aromatic N) is 3. The predicted molar refractivity (Wildman–Crippen MR) is 97.2 cm³/mol. The second kappa shape index (κ2) is 7.59. The fraction of sp³-hybridized carbons (Fsp3) is 0.250. The SMILES string of the molecule is Cc1nc(-c2ccc([C@H]3CN(C(=O)Oc4ccccc4)CCO3)cc2)no1. The van der Waals surface area contributed by atoms with Gasteiger partial charge >= 0.3 is 6.09 Å². The van der Waals surface area contributed by atoms with Crippen LogP contribution in [0.5, 0.6) is 5.75 Å². The third-order valence-corrected chi connectivity index (χ3v) is 4.34. The Bertz CT molecular complexity index is 908. The Kier molecular flexibility index (Phi) is 4.84. The van der Waals surface area contributed by atoms with Gasteiger partial charge in [-0.25, -0.2) is 4.79 Å². The van der Waals surface area contributed by atoms with E-state index in [2.05, 4.69) is 10.1 Å². The highest BCUT2D eigenvalue weighted by molar-refractivity contribution is 5.70. The van der Waals surface area contributed by atoms with Gasteiger partial charge < -0.3 is 18.9 Å². The second-order valence-corrected chi connectivity index (χ2v) is 6.25. The zero-order chi connectivity index (χ0) is 18.6. The molecule has 2 aromatic carbocycles. The zero-order valence-corrected chi connectivity index (χ0v) is 14.9. The van der Waals surface area contributed by atoms with Crippen molar-refractivity contribution >= 4 is 6.09 Å². The third-order valence-electron chi connectivity index (χ3n) is 4.34. The van der Waals surface area contributed by atoms with Crippen LogP contribution in [0.25, 0.3) is 11.4 Å². The predicted octanol–water partition coefficient (Wildman–Crippen LogP) is 3.62. The summed E-state index contributed by atoms with van der Waals surface area (Å²) in [6, 6.07) is 16.8. The first-order chi connectivity index (χ1) is 13.2. The Morgan fingerprint density at radius 1 is 1.15 bits per heavy atom. The Morgan fingerprint density at radius 3 is 2.63 bits per heavy atom. The number of morpholine rings is 1. The number of carbonyl (C=O) groups excluding carboxylic acids is 1. The number of ether oxygens (including phenoxy) is 2. The van der Waals surface area contributed by atoms with Crippen molar-refractivity contribution in [2.45, 2.75) is 13.0 Å². The number of amides is 1. The first-order valence-electron chi connectivity index (χ1n) is 8.73. The van der Waals surface area contributed by atoms with Crippen LogP contribution in [0.2, 0.25) is 0 Å². The monoisotopic (exact) mass is 365 g/mol. The van der Waals surface area contributed by atoms with Crippen molar-refractivity contribution in [2.75, 3.05) is 19.7 Å². The van der Waals surface area contributed by atoms with E-state index in [-0.39, 0.29) is 12.2 Å². The molecule has 0 bridgehead atoms. The molecular weight excluding hydrogens is 346 g/mol. The Morgan fingerprint density at radius 2 is 1.93 bits per heavy atom. The van der Waals surface area contributed by atoms with E-state index in [4.69, 9.17) is 14.0 Å². The van der Waals surface area contributed by atoms with Crippen LogP contribution in [0.1, 0.15) is 17.6 Å². The summed E-state index contributed by atoms with van der Waals surface area (Å²) in [5, 5.41) is 3.92. The second-order valence-electron chi connectivity index (χ2n) is 6.25. The maximum absolute atomic E-state index is 12.4. The molecule has 4 rings (SSSR count). The van der Waals surface area contributed by atoms with Gasteiger partial charge in [-0.2, -0.15) is 4.98 Å². The highest BCUT2D eigenvalue weighted by Crippen LogP contribution is 2.25. The molecule has 1 saturated heterocycles. The molecule has 1 aliphatic heterocycles. The molecule has 1 atom stereocenters. The van der Waals surface area contributed by atoms with Gasteiger partial charge in [0.1, 0.15) is 11.9 Å². The molecule has 7 nitrogen and oxygen atoms in total. The summed E-state index contributed by atoms with van der Waals surface area (Å²) in [7, 11) is 0. The van der Waals surface area contributed by atoms with Crippen LogP contribution in [0, 0.1) is 6.92 Å². The van der Waals surface area contributed by atoms with Crippen LogP contribution in [0.15, 0.2) is 59.1 Å². The van der Waals surface area contributed by atoms with E-state index in [9.17, 15) is 4.79 Å². The number of aromatic nitrogens is 2. The van der Waals surface area contributed by atoms with E-state index in [1.54, 1.807) is 24.0 Å². The van der Waals surface area contributed by atoms with Gasteiger partial charge in [0.25, 0.3) is 0 Å². The first kappa shape index (κ1) is 17.2. The summed E-state index contributed by atoms with van der Waals surface area (Å²) in [6.45, 7) is 3.15. The van der Waals surface area contributed by atoms with Crippen molar-refractivity contribution < 1.29 is 18.8 Å². The number of benzene rings is 2. The highest BCUT2D eigenvalue weighted by Gasteiger charge is 2.26. The molecule has 27 heavy (non-hydrogen) atoms. The maximum Gasteiger partial charge on any atom is 0.415 e. The topological polar surface area (TPSA) is 77.7 Å². The average Bonchev–Trinajstić information content (AvgIpc) is 3.15. The molecule has 1 aromatic heterocycles. The van der Waals surface area contributed by atoms with Crippen LogP contribution in [0.4, 0.5) is 4.79 Å². The van der Waals surface area contributed by atoms with E-state index in [0.29, 0.717) is 37.2 Å². The Labute approximate surface area is 156 Å². The van der Waals surface area contributed by atoms with Gasteiger partial charge in [-0.3, -0.25) is 0 Å². The van der Waals surface area contributed by atoms with Crippen molar-refractivity contribution in [3.63, 3.8) is 0 Å². The molecular formula is C20H19N3O4. The highest BCUT2D eigenvalue weighted by atomic mass is 16.6. The van der Waals surface area contributed by atoms with Crippen molar-refractivity contribution in [3.05, 3.63) is 66.1 Å². The van der Waals surface area contributed by atoms with Gasteiger partial charge in [0.2, 0.25) is 11.7 Å². The molecule has 138 valence electrons. The molecule has 1 aliphatic rings. The quantitative estimate of drug-likeness (QED) is 0.705. The third kappa shape index (κ3) is 3.98. The zero-order valence-electron chi connectivity index (χ0n) is 14.9. The summed E-state index contributed by atoms with van der Waals surface area (Å²) < 4.78 is 16.3. The lowest BCUT2D eigenvalue weighted by Gasteiger charge is -2.32. The molecule has 0 unspecified atom stereocenters. The fourth-order valence-electron chi connectivity index (χ4n) is 2.93. The minimum atomic E-state index is -0.367. The molecule has 1 fully saturated rings. The van der Waals surface area contributed by atoms with Gasteiger partial charge in [0.05, 0.1) is 13.2 Å². The van der Waals surface area contributed by atoms with E-state index in [1.165, 1.54) is 0 Å².